The third-order valence-corrected chi connectivity index (χ3v) is 4.83. The smallest absolute Gasteiger partial charge is 0.122 e. The summed E-state index contributed by atoms with van der Waals surface area (Å²) in [6.45, 7) is 4.97. The Morgan fingerprint density at radius 2 is 2.19 bits per heavy atom. The average Bonchev–Trinajstić information content (AvgIpc) is 3.22. The molecule has 5 nitrogen and oxygen atoms in total. The summed E-state index contributed by atoms with van der Waals surface area (Å²) in [6, 6.07) is 0.782. The zero-order valence-electron chi connectivity index (χ0n) is 13.3. The van der Waals surface area contributed by atoms with Crippen LogP contribution in [0.5, 0.6) is 0 Å². The average molecular weight is 292 g/mol. The number of nitrogens with one attached hydrogen (secondary N) is 1. The zero-order valence-corrected chi connectivity index (χ0v) is 13.3. The van der Waals surface area contributed by atoms with Crippen molar-refractivity contribution in [2.24, 2.45) is 12.5 Å². The highest BCUT2D eigenvalue weighted by molar-refractivity contribution is 4.94. The molecule has 0 unspecified atom stereocenters. The molecule has 21 heavy (non-hydrogen) atoms. The molecule has 1 saturated carbocycles. The summed E-state index contributed by atoms with van der Waals surface area (Å²) < 4.78 is 7.70. The summed E-state index contributed by atoms with van der Waals surface area (Å²) in [4.78, 5) is 6.86. The number of aryl methyl sites for hydroxylation is 1. The molecule has 1 saturated heterocycles. The minimum atomic E-state index is 0.362. The topological polar surface area (TPSA) is 42.3 Å². The van der Waals surface area contributed by atoms with Crippen LogP contribution < -0.4 is 5.32 Å². The number of nitrogens with zero attached hydrogens (tertiary/aromatic N) is 3. The van der Waals surface area contributed by atoms with Gasteiger partial charge in [0.2, 0.25) is 0 Å². The quantitative estimate of drug-likeness (QED) is 0.825. The van der Waals surface area contributed by atoms with E-state index in [2.05, 4.69) is 33.9 Å². The zero-order chi connectivity index (χ0) is 14.7. The second kappa shape index (κ2) is 6.46. The lowest BCUT2D eigenvalue weighted by atomic mass is 9.79. The van der Waals surface area contributed by atoms with Crippen molar-refractivity contribution in [1.82, 2.24) is 19.8 Å². The molecule has 1 aromatic heterocycles. The van der Waals surface area contributed by atoms with Crippen molar-refractivity contribution >= 4 is 0 Å². The predicted octanol–water partition coefficient (Wildman–Crippen LogP) is 1.40. The van der Waals surface area contributed by atoms with E-state index in [1.807, 2.05) is 12.4 Å². The first kappa shape index (κ1) is 15.0. The summed E-state index contributed by atoms with van der Waals surface area (Å²) in [5.74, 6) is 1.13. The van der Waals surface area contributed by atoms with E-state index in [1.165, 1.54) is 12.8 Å². The van der Waals surface area contributed by atoms with E-state index in [1.54, 1.807) is 0 Å². The molecule has 0 aromatic carbocycles. The van der Waals surface area contributed by atoms with Crippen LogP contribution in [-0.4, -0.2) is 53.8 Å². The van der Waals surface area contributed by atoms with Gasteiger partial charge < -0.3 is 14.6 Å². The van der Waals surface area contributed by atoms with Gasteiger partial charge in [0.1, 0.15) is 5.82 Å². The molecule has 2 fully saturated rings. The molecule has 1 N–H and O–H groups in total. The van der Waals surface area contributed by atoms with Crippen LogP contribution in [-0.2, 0) is 18.3 Å². The molecule has 0 amide bonds. The van der Waals surface area contributed by atoms with Gasteiger partial charge in [-0.15, -0.1) is 0 Å². The van der Waals surface area contributed by atoms with Crippen molar-refractivity contribution in [3.63, 3.8) is 0 Å². The van der Waals surface area contributed by atoms with Gasteiger partial charge in [0.15, 0.2) is 0 Å². The van der Waals surface area contributed by atoms with Gasteiger partial charge in [-0.25, -0.2) is 4.98 Å². The lowest BCUT2D eigenvalue weighted by Crippen LogP contribution is -2.47. The summed E-state index contributed by atoms with van der Waals surface area (Å²) in [5.41, 5.74) is 0.362. The molecule has 0 atom stereocenters. The number of hydrogen-bond donors (Lipinski definition) is 1. The van der Waals surface area contributed by atoms with Crippen molar-refractivity contribution in [2.75, 3.05) is 33.4 Å². The van der Waals surface area contributed by atoms with Crippen molar-refractivity contribution < 1.29 is 4.74 Å². The molecule has 0 spiro atoms. The number of ether oxygens (including phenoxy) is 1. The van der Waals surface area contributed by atoms with Gasteiger partial charge in [0, 0.05) is 51.8 Å². The second-order valence-electron chi connectivity index (χ2n) is 6.89. The van der Waals surface area contributed by atoms with E-state index in [4.69, 9.17) is 4.74 Å². The molecule has 2 aliphatic rings. The van der Waals surface area contributed by atoms with Crippen LogP contribution in [0.25, 0.3) is 0 Å². The number of hydrogen-bond acceptors (Lipinski definition) is 4. The van der Waals surface area contributed by atoms with Gasteiger partial charge >= 0.3 is 0 Å². The van der Waals surface area contributed by atoms with Crippen molar-refractivity contribution in [2.45, 2.75) is 38.3 Å². The summed E-state index contributed by atoms with van der Waals surface area (Å²) in [5, 5.41) is 3.74. The highest BCUT2D eigenvalue weighted by Gasteiger charge is 2.35. The molecule has 118 valence electrons. The first-order valence-corrected chi connectivity index (χ1v) is 8.13. The SMILES string of the molecule is CN(Cc1nccn1C)CC1(CNC2CC2)CCOCC1. The minimum absolute atomic E-state index is 0.362. The van der Waals surface area contributed by atoms with Crippen molar-refractivity contribution in [3.8, 4) is 0 Å². The van der Waals surface area contributed by atoms with Gasteiger partial charge in [-0.1, -0.05) is 0 Å². The maximum atomic E-state index is 5.59. The molecule has 2 heterocycles. The van der Waals surface area contributed by atoms with Gasteiger partial charge in [-0.3, -0.25) is 4.90 Å². The van der Waals surface area contributed by atoms with E-state index < -0.39 is 0 Å². The largest absolute Gasteiger partial charge is 0.381 e. The summed E-state index contributed by atoms with van der Waals surface area (Å²) in [7, 11) is 4.28. The van der Waals surface area contributed by atoms with Crippen LogP contribution in [0, 0.1) is 5.41 Å². The van der Waals surface area contributed by atoms with Crippen LogP contribution in [0.2, 0.25) is 0 Å². The van der Waals surface area contributed by atoms with E-state index >= 15 is 0 Å². The lowest BCUT2D eigenvalue weighted by molar-refractivity contribution is -0.00220. The summed E-state index contributed by atoms with van der Waals surface area (Å²) in [6.07, 6.45) is 8.94. The predicted molar refractivity (Wildman–Crippen MR) is 83.1 cm³/mol. The molecule has 3 rings (SSSR count). The van der Waals surface area contributed by atoms with Crippen molar-refractivity contribution in [3.05, 3.63) is 18.2 Å². The number of aromatic nitrogens is 2. The molecular formula is C16H28N4O. The van der Waals surface area contributed by atoms with E-state index in [0.29, 0.717) is 5.41 Å². The third kappa shape index (κ3) is 4.05. The maximum Gasteiger partial charge on any atom is 0.122 e. The molecule has 0 radical (unpaired) electrons. The molecule has 1 aliphatic heterocycles. The Hall–Kier alpha value is -0.910. The van der Waals surface area contributed by atoms with Crippen LogP contribution in [0.15, 0.2) is 12.4 Å². The Labute approximate surface area is 127 Å². The van der Waals surface area contributed by atoms with Gasteiger partial charge in [-0.2, -0.15) is 0 Å². The fraction of sp³-hybridized carbons (Fsp3) is 0.812. The third-order valence-electron chi connectivity index (χ3n) is 4.83. The fourth-order valence-electron chi connectivity index (χ4n) is 3.26. The highest BCUT2D eigenvalue weighted by atomic mass is 16.5. The number of rotatable bonds is 7. The molecular weight excluding hydrogens is 264 g/mol. The Bertz CT molecular complexity index is 449. The van der Waals surface area contributed by atoms with Crippen LogP contribution in [0.3, 0.4) is 0 Å². The van der Waals surface area contributed by atoms with Crippen molar-refractivity contribution in [1.29, 1.82) is 0 Å². The molecule has 1 aliphatic carbocycles. The highest BCUT2D eigenvalue weighted by Crippen LogP contribution is 2.32. The number of imidazole rings is 1. The maximum absolute atomic E-state index is 5.59. The monoisotopic (exact) mass is 292 g/mol. The fourth-order valence-corrected chi connectivity index (χ4v) is 3.26. The Balaban J connectivity index is 1.58. The van der Waals surface area contributed by atoms with E-state index in [0.717, 1.165) is 57.6 Å². The molecule has 5 heteroatoms. The van der Waals surface area contributed by atoms with Crippen LogP contribution in [0.4, 0.5) is 0 Å². The van der Waals surface area contributed by atoms with Crippen LogP contribution in [0.1, 0.15) is 31.5 Å². The first-order valence-electron chi connectivity index (χ1n) is 8.13. The standard InChI is InChI=1S/C16H28N4O/c1-19(11-15-17-7-8-20(15)2)13-16(5-9-21-10-6-16)12-18-14-3-4-14/h7-8,14,18H,3-6,9-13H2,1-2H3. The van der Waals surface area contributed by atoms with Gasteiger partial charge in [-0.05, 0) is 38.1 Å². The Morgan fingerprint density at radius 3 is 2.81 bits per heavy atom. The Morgan fingerprint density at radius 1 is 1.43 bits per heavy atom. The Kier molecular flexibility index (Phi) is 4.62. The van der Waals surface area contributed by atoms with E-state index in [9.17, 15) is 0 Å². The minimum Gasteiger partial charge on any atom is -0.381 e. The second-order valence-corrected chi connectivity index (χ2v) is 6.89. The molecule has 0 bridgehead atoms. The molecule has 1 aromatic rings. The lowest BCUT2D eigenvalue weighted by Gasteiger charge is -2.40. The van der Waals surface area contributed by atoms with E-state index in [-0.39, 0.29) is 0 Å². The van der Waals surface area contributed by atoms with Crippen LogP contribution >= 0.6 is 0 Å². The van der Waals surface area contributed by atoms with Gasteiger partial charge in [0.25, 0.3) is 0 Å². The summed E-state index contributed by atoms with van der Waals surface area (Å²) >= 11 is 0. The first-order chi connectivity index (χ1) is 10.2. The van der Waals surface area contributed by atoms with Gasteiger partial charge in [0.05, 0.1) is 6.54 Å². The normalized spacial score (nSPS) is 21.9.